The Hall–Kier alpha value is -1.49. The van der Waals surface area contributed by atoms with E-state index in [1.807, 2.05) is 4.90 Å². The first kappa shape index (κ1) is 17.3. The number of hydrogen-bond acceptors (Lipinski definition) is 2. The standard InChI is InChI=1S/C19H26F2N2O/c20-17-10-16(11-18(21)12-17)13-22-7-6-19(24)23(9-8-22)14-15-4-2-1-3-5-15/h10-12,15H,1-9,13-14H2. The third kappa shape index (κ3) is 4.76. The van der Waals surface area contributed by atoms with Crippen LogP contribution in [-0.2, 0) is 11.3 Å². The Bertz CT molecular complexity index is 552. The van der Waals surface area contributed by atoms with E-state index in [4.69, 9.17) is 0 Å². The topological polar surface area (TPSA) is 23.6 Å². The quantitative estimate of drug-likeness (QED) is 0.839. The van der Waals surface area contributed by atoms with Gasteiger partial charge in [0.15, 0.2) is 0 Å². The Morgan fingerprint density at radius 2 is 1.67 bits per heavy atom. The summed E-state index contributed by atoms with van der Waals surface area (Å²) in [6.07, 6.45) is 6.84. The summed E-state index contributed by atoms with van der Waals surface area (Å²) in [6.45, 7) is 3.49. The van der Waals surface area contributed by atoms with Crippen LogP contribution in [0.15, 0.2) is 18.2 Å². The van der Waals surface area contributed by atoms with Crippen LogP contribution in [0.5, 0.6) is 0 Å². The summed E-state index contributed by atoms with van der Waals surface area (Å²) in [4.78, 5) is 16.5. The lowest BCUT2D eigenvalue weighted by molar-refractivity contribution is -0.131. The molecule has 1 aromatic rings. The Balaban J connectivity index is 1.56. The van der Waals surface area contributed by atoms with Crippen LogP contribution in [-0.4, -0.2) is 41.9 Å². The molecular weight excluding hydrogens is 310 g/mol. The Kier molecular flexibility index (Phi) is 5.82. The third-order valence-electron chi connectivity index (χ3n) is 5.21. The molecule has 132 valence electrons. The van der Waals surface area contributed by atoms with Gasteiger partial charge in [0.05, 0.1) is 0 Å². The summed E-state index contributed by atoms with van der Waals surface area (Å²) in [6, 6.07) is 3.63. The largest absolute Gasteiger partial charge is 0.341 e. The molecule has 3 nitrogen and oxygen atoms in total. The maximum atomic E-state index is 13.3. The van der Waals surface area contributed by atoms with Gasteiger partial charge in [-0.25, -0.2) is 8.78 Å². The predicted octanol–water partition coefficient (Wildman–Crippen LogP) is 3.58. The summed E-state index contributed by atoms with van der Waals surface area (Å²) >= 11 is 0. The lowest BCUT2D eigenvalue weighted by Gasteiger charge is -2.29. The monoisotopic (exact) mass is 336 g/mol. The summed E-state index contributed by atoms with van der Waals surface area (Å²) in [5, 5.41) is 0. The first-order valence-electron chi connectivity index (χ1n) is 9.05. The molecule has 0 radical (unpaired) electrons. The van der Waals surface area contributed by atoms with E-state index in [1.54, 1.807) is 0 Å². The van der Waals surface area contributed by atoms with Crippen LogP contribution >= 0.6 is 0 Å². The SMILES string of the molecule is O=C1CCN(Cc2cc(F)cc(F)c2)CCN1CC1CCCCC1. The highest BCUT2D eigenvalue weighted by atomic mass is 19.1. The average Bonchev–Trinajstić information content (AvgIpc) is 2.71. The summed E-state index contributed by atoms with van der Waals surface area (Å²) < 4.78 is 26.7. The molecule has 0 unspecified atom stereocenters. The van der Waals surface area contributed by atoms with E-state index in [0.717, 1.165) is 19.2 Å². The smallest absolute Gasteiger partial charge is 0.223 e. The highest BCUT2D eigenvalue weighted by Crippen LogP contribution is 2.25. The molecule has 0 atom stereocenters. The van der Waals surface area contributed by atoms with Gasteiger partial charge in [-0.3, -0.25) is 9.69 Å². The van der Waals surface area contributed by atoms with Gasteiger partial charge in [0.2, 0.25) is 5.91 Å². The maximum Gasteiger partial charge on any atom is 0.223 e. The molecule has 1 heterocycles. The molecule has 1 saturated carbocycles. The van der Waals surface area contributed by atoms with Crippen molar-refractivity contribution < 1.29 is 13.6 Å². The first-order valence-corrected chi connectivity index (χ1v) is 9.05. The first-order chi connectivity index (χ1) is 11.6. The van der Waals surface area contributed by atoms with Crippen LogP contribution in [0.1, 0.15) is 44.1 Å². The normalized spacial score (nSPS) is 21.1. The van der Waals surface area contributed by atoms with Gasteiger partial charge in [0.1, 0.15) is 11.6 Å². The van der Waals surface area contributed by atoms with Gasteiger partial charge in [0.25, 0.3) is 0 Å². The maximum absolute atomic E-state index is 13.3. The lowest BCUT2D eigenvalue weighted by atomic mass is 9.89. The second-order valence-corrected chi connectivity index (χ2v) is 7.15. The van der Waals surface area contributed by atoms with Crippen molar-refractivity contribution in [1.29, 1.82) is 0 Å². The van der Waals surface area contributed by atoms with E-state index in [2.05, 4.69) is 4.90 Å². The van der Waals surface area contributed by atoms with Gasteiger partial charge in [-0.2, -0.15) is 0 Å². The molecule has 2 aliphatic rings. The fourth-order valence-corrected chi connectivity index (χ4v) is 3.90. The van der Waals surface area contributed by atoms with Crippen molar-refractivity contribution in [3.63, 3.8) is 0 Å². The molecule has 1 amide bonds. The van der Waals surface area contributed by atoms with Crippen LogP contribution < -0.4 is 0 Å². The molecule has 3 rings (SSSR count). The zero-order chi connectivity index (χ0) is 16.9. The number of halogens is 2. The van der Waals surface area contributed by atoms with Crippen LogP contribution in [0.2, 0.25) is 0 Å². The summed E-state index contributed by atoms with van der Waals surface area (Å²) in [5.41, 5.74) is 0.626. The minimum absolute atomic E-state index is 0.216. The summed E-state index contributed by atoms with van der Waals surface area (Å²) in [5.74, 6) is -0.232. The summed E-state index contributed by atoms with van der Waals surface area (Å²) in [7, 11) is 0. The van der Waals surface area contributed by atoms with Crippen LogP contribution in [0.25, 0.3) is 0 Å². The van der Waals surface area contributed by atoms with Crippen molar-refractivity contribution in [2.45, 2.75) is 45.1 Å². The lowest BCUT2D eigenvalue weighted by Crippen LogP contribution is -2.37. The van der Waals surface area contributed by atoms with Gasteiger partial charge in [-0.15, -0.1) is 0 Å². The van der Waals surface area contributed by atoms with E-state index >= 15 is 0 Å². The van der Waals surface area contributed by atoms with Crippen LogP contribution in [0, 0.1) is 17.6 Å². The molecule has 1 aliphatic heterocycles. The predicted molar refractivity (Wildman–Crippen MR) is 89.4 cm³/mol. The van der Waals surface area contributed by atoms with E-state index in [1.165, 1.54) is 44.2 Å². The fourth-order valence-electron chi connectivity index (χ4n) is 3.90. The molecule has 0 aromatic heterocycles. The van der Waals surface area contributed by atoms with Crippen molar-refractivity contribution in [3.05, 3.63) is 35.4 Å². The number of carbonyl (C=O) groups excluding carboxylic acids is 1. The van der Waals surface area contributed by atoms with Crippen LogP contribution in [0.4, 0.5) is 8.78 Å². The second kappa shape index (κ2) is 8.06. The number of amides is 1. The molecule has 5 heteroatoms. The Labute approximate surface area is 142 Å². The van der Waals surface area contributed by atoms with Crippen LogP contribution in [0.3, 0.4) is 0 Å². The fraction of sp³-hybridized carbons (Fsp3) is 0.632. The number of nitrogens with zero attached hydrogens (tertiary/aromatic N) is 2. The van der Waals surface area contributed by atoms with E-state index in [9.17, 15) is 13.6 Å². The van der Waals surface area contributed by atoms with Crippen molar-refractivity contribution in [3.8, 4) is 0 Å². The van der Waals surface area contributed by atoms with Gasteiger partial charge < -0.3 is 4.90 Å². The van der Waals surface area contributed by atoms with Gasteiger partial charge >= 0.3 is 0 Å². The van der Waals surface area contributed by atoms with E-state index < -0.39 is 11.6 Å². The number of benzene rings is 1. The number of rotatable bonds is 4. The third-order valence-corrected chi connectivity index (χ3v) is 5.21. The zero-order valence-corrected chi connectivity index (χ0v) is 14.1. The van der Waals surface area contributed by atoms with Gasteiger partial charge in [-0.1, -0.05) is 19.3 Å². The van der Waals surface area contributed by atoms with Gasteiger partial charge in [0, 0.05) is 45.2 Å². The van der Waals surface area contributed by atoms with Crippen molar-refractivity contribution in [2.75, 3.05) is 26.2 Å². The molecule has 1 aromatic carbocycles. The molecular formula is C19H26F2N2O. The highest BCUT2D eigenvalue weighted by Gasteiger charge is 2.24. The molecule has 0 spiro atoms. The van der Waals surface area contributed by atoms with Gasteiger partial charge in [-0.05, 0) is 36.5 Å². The van der Waals surface area contributed by atoms with Crippen molar-refractivity contribution in [1.82, 2.24) is 9.80 Å². The average molecular weight is 336 g/mol. The number of hydrogen-bond donors (Lipinski definition) is 0. The second-order valence-electron chi connectivity index (χ2n) is 7.15. The minimum atomic E-state index is -0.546. The molecule has 1 saturated heterocycles. The number of carbonyl (C=O) groups is 1. The molecule has 2 fully saturated rings. The highest BCUT2D eigenvalue weighted by molar-refractivity contribution is 5.76. The van der Waals surface area contributed by atoms with E-state index in [-0.39, 0.29) is 5.91 Å². The zero-order valence-electron chi connectivity index (χ0n) is 14.1. The Morgan fingerprint density at radius 1 is 0.958 bits per heavy atom. The van der Waals surface area contributed by atoms with Crippen molar-refractivity contribution in [2.24, 2.45) is 5.92 Å². The molecule has 24 heavy (non-hydrogen) atoms. The minimum Gasteiger partial charge on any atom is -0.341 e. The van der Waals surface area contributed by atoms with E-state index in [0.29, 0.717) is 37.5 Å². The molecule has 0 N–H and O–H groups in total. The van der Waals surface area contributed by atoms with Crippen molar-refractivity contribution >= 4 is 5.91 Å². The Morgan fingerprint density at radius 3 is 2.38 bits per heavy atom. The molecule has 1 aliphatic carbocycles. The molecule has 0 bridgehead atoms.